The van der Waals surface area contributed by atoms with Crippen molar-refractivity contribution >= 4 is 5.82 Å². The number of nitrogen functional groups attached to an aromatic ring is 1. The van der Waals surface area contributed by atoms with Crippen LogP contribution in [0.1, 0.15) is 26.5 Å². The van der Waals surface area contributed by atoms with E-state index in [9.17, 15) is 0 Å². The Bertz CT molecular complexity index is 497. The average molecular weight is 217 g/mol. The molecule has 2 aromatic rings. The predicted octanol–water partition coefficient (Wildman–Crippen LogP) is 2.62. The molecule has 0 atom stereocenters. The summed E-state index contributed by atoms with van der Waals surface area (Å²) in [6.07, 6.45) is 1.67. The lowest BCUT2D eigenvalue weighted by molar-refractivity contribution is 0.543. The molecule has 84 valence electrons. The van der Waals surface area contributed by atoms with Crippen LogP contribution in [-0.2, 0) is 5.41 Å². The maximum Gasteiger partial charge on any atom is 0.245 e. The van der Waals surface area contributed by atoms with Gasteiger partial charge in [0.15, 0.2) is 0 Å². The minimum absolute atomic E-state index is 0.0257. The lowest BCUT2D eigenvalue weighted by atomic mass is 9.93. The Hall–Kier alpha value is -1.84. The molecule has 0 saturated carbocycles. The first-order valence-corrected chi connectivity index (χ1v) is 5.16. The minimum Gasteiger partial charge on any atom is -0.443 e. The van der Waals surface area contributed by atoms with Crippen molar-refractivity contribution < 1.29 is 4.42 Å². The van der Waals surface area contributed by atoms with Crippen molar-refractivity contribution in [3.05, 3.63) is 30.2 Å². The molecule has 0 fully saturated rings. The lowest BCUT2D eigenvalue weighted by Gasteiger charge is -2.12. The monoisotopic (exact) mass is 217 g/mol. The van der Waals surface area contributed by atoms with Crippen molar-refractivity contribution in [1.82, 2.24) is 9.97 Å². The van der Waals surface area contributed by atoms with Gasteiger partial charge in [0.2, 0.25) is 5.89 Å². The van der Waals surface area contributed by atoms with E-state index in [0.717, 1.165) is 5.69 Å². The Morgan fingerprint density at radius 1 is 1.19 bits per heavy atom. The third-order valence-electron chi connectivity index (χ3n) is 2.26. The highest BCUT2D eigenvalue weighted by Gasteiger charge is 2.19. The van der Waals surface area contributed by atoms with Gasteiger partial charge in [-0.2, -0.15) is 0 Å². The van der Waals surface area contributed by atoms with E-state index in [2.05, 4.69) is 30.7 Å². The summed E-state index contributed by atoms with van der Waals surface area (Å²) in [6, 6.07) is 5.39. The number of aromatic nitrogens is 2. The van der Waals surface area contributed by atoms with Crippen LogP contribution in [0.3, 0.4) is 0 Å². The topological polar surface area (TPSA) is 64.9 Å². The lowest BCUT2D eigenvalue weighted by Crippen LogP contribution is -2.11. The number of anilines is 1. The molecule has 0 saturated heterocycles. The van der Waals surface area contributed by atoms with Crippen LogP contribution < -0.4 is 5.73 Å². The first kappa shape index (κ1) is 10.7. The Kier molecular flexibility index (Phi) is 2.42. The van der Waals surface area contributed by atoms with Gasteiger partial charge in [0.1, 0.15) is 17.8 Å². The fourth-order valence-electron chi connectivity index (χ4n) is 1.31. The second-order valence-electron chi connectivity index (χ2n) is 4.74. The van der Waals surface area contributed by atoms with Crippen LogP contribution in [0.2, 0.25) is 0 Å². The number of nitrogens with two attached hydrogens (primary N) is 1. The maximum atomic E-state index is 5.61. The van der Waals surface area contributed by atoms with Crippen LogP contribution in [-0.4, -0.2) is 9.97 Å². The molecule has 2 heterocycles. The SMILES string of the molecule is CC(C)(C)c1coc(-c2cccc(N)n2)n1. The van der Waals surface area contributed by atoms with Crippen LogP contribution in [0.4, 0.5) is 5.82 Å². The van der Waals surface area contributed by atoms with Gasteiger partial charge in [0.25, 0.3) is 0 Å². The molecule has 0 bridgehead atoms. The maximum absolute atomic E-state index is 5.61. The van der Waals surface area contributed by atoms with Crippen LogP contribution >= 0.6 is 0 Å². The molecule has 0 spiro atoms. The van der Waals surface area contributed by atoms with E-state index in [1.807, 2.05) is 12.1 Å². The number of hydrogen-bond donors (Lipinski definition) is 1. The van der Waals surface area contributed by atoms with Crippen molar-refractivity contribution in [3.63, 3.8) is 0 Å². The first-order chi connectivity index (χ1) is 7.47. The standard InChI is InChI=1S/C12H15N3O/c1-12(2,3)9-7-16-11(15-9)8-5-4-6-10(13)14-8/h4-7H,1-3H3,(H2,13,14). The number of pyridine rings is 1. The Balaban J connectivity index is 2.39. The molecule has 0 radical (unpaired) electrons. The number of nitrogens with zero attached hydrogens (tertiary/aromatic N) is 2. The van der Waals surface area contributed by atoms with Gasteiger partial charge in [-0.05, 0) is 12.1 Å². The fourth-order valence-corrected chi connectivity index (χ4v) is 1.31. The molecule has 0 amide bonds. The molecule has 4 heteroatoms. The van der Waals surface area contributed by atoms with Gasteiger partial charge in [0.05, 0.1) is 5.69 Å². The molecule has 0 unspecified atom stereocenters. The molecule has 0 aliphatic rings. The van der Waals surface area contributed by atoms with Gasteiger partial charge in [-0.15, -0.1) is 0 Å². The molecule has 0 aromatic carbocycles. The van der Waals surface area contributed by atoms with E-state index in [1.54, 1.807) is 12.3 Å². The highest BCUT2D eigenvalue weighted by atomic mass is 16.3. The fraction of sp³-hybridized carbons (Fsp3) is 0.333. The zero-order chi connectivity index (χ0) is 11.8. The van der Waals surface area contributed by atoms with Crippen molar-refractivity contribution in [2.24, 2.45) is 0 Å². The predicted molar refractivity (Wildman–Crippen MR) is 62.8 cm³/mol. The van der Waals surface area contributed by atoms with E-state index in [0.29, 0.717) is 17.4 Å². The zero-order valence-electron chi connectivity index (χ0n) is 9.69. The van der Waals surface area contributed by atoms with Gasteiger partial charge in [-0.1, -0.05) is 26.8 Å². The third kappa shape index (κ3) is 2.05. The van der Waals surface area contributed by atoms with Crippen LogP contribution in [0.15, 0.2) is 28.9 Å². The van der Waals surface area contributed by atoms with Crippen molar-refractivity contribution in [2.45, 2.75) is 26.2 Å². The summed E-state index contributed by atoms with van der Waals surface area (Å²) in [5.41, 5.74) is 7.15. The minimum atomic E-state index is -0.0257. The van der Waals surface area contributed by atoms with Gasteiger partial charge in [-0.25, -0.2) is 9.97 Å². The number of oxazole rings is 1. The molecule has 16 heavy (non-hydrogen) atoms. The second-order valence-corrected chi connectivity index (χ2v) is 4.74. The molecular formula is C12H15N3O. The number of hydrogen-bond acceptors (Lipinski definition) is 4. The van der Waals surface area contributed by atoms with Crippen LogP contribution in [0, 0.1) is 0 Å². The smallest absolute Gasteiger partial charge is 0.245 e. The summed E-state index contributed by atoms with van der Waals surface area (Å²) in [7, 11) is 0. The van der Waals surface area contributed by atoms with Crippen molar-refractivity contribution in [3.8, 4) is 11.6 Å². The molecule has 2 N–H and O–H groups in total. The molecule has 0 aliphatic carbocycles. The summed E-state index contributed by atoms with van der Waals surface area (Å²) < 4.78 is 5.40. The van der Waals surface area contributed by atoms with E-state index in [4.69, 9.17) is 10.2 Å². The number of rotatable bonds is 1. The Morgan fingerprint density at radius 2 is 1.94 bits per heavy atom. The van der Waals surface area contributed by atoms with Gasteiger partial charge in [-0.3, -0.25) is 0 Å². The third-order valence-corrected chi connectivity index (χ3v) is 2.26. The summed E-state index contributed by atoms with van der Waals surface area (Å²) in [5, 5.41) is 0. The highest BCUT2D eigenvalue weighted by molar-refractivity contribution is 5.50. The summed E-state index contributed by atoms with van der Waals surface area (Å²) >= 11 is 0. The summed E-state index contributed by atoms with van der Waals surface area (Å²) in [5.74, 6) is 0.977. The quantitative estimate of drug-likeness (QED) is 0.797. The molecule has 0 aliphatic heterocycles. The Labute approximate surface area is 94.5 Å². The summed E-state index contributed by atoms with van der Waals surface area (Å²) in [4.78, 5) is 8.57. The van der Waals surface area contributed by atoms with Crippen LogP contribution in [0.25, 0.3) is 11.6 Å². The molecule has 2 rings (SSSR count). The van der Waals surface area contributed by atoms with Gasteiger partial charge < -0.3 is 10.2 Å². The van der Waals surface area contributed by atoms with E-state index in [-0.39, 0.29) is 5.41 Å². The molecule has 2 aromatic heterocycles. The second kappa shape index (κ2) is 3.63. The van der Waals surface area contributed by atoms with Crippen molar-refractivity contribution in [2.75, 3.05) is 5.73 Å². The molecule has 4 nitrogen and oxygen atoms in total. The highest BCUT2D eigenvalue weighted by Crippen LogP contribution is 2.25. The Morgan fingerprint density at radius 3 is 2.50 bits per heavy atom. The van der Waals surface area contributed by atoms with E-state index < -0.39 is 0 Å². The molecular weight excluding hydrogens is 202 g/mol. The first-order valence-electron chi connectivity index (χ1n) is 5.16. The average Bonchev–Trinajstić information content (AvgIpc) is 2.65. The normalized spacial score (nSPS) is 11.7. The summed E-state index contributed by atoms with van der Waals surface area (Å²) in [6.45, 7) is 6.25. The van der Waals surface area contributed by atoms with Crippen LogP contribution in [0.5, 0.6) is 0 Å². The van der Waals surface area contributed by atoms with E-state index >= 15 is 0 Å². The van der Waals surface area contributed by atoms with E-state index in [1.165, 1.54) is 0 Å². The zero-order valence-corrected chi connectivity index (χ0v) is 9.69. The van der Waals surface area contributed by atoms with Gasteiger partial charge >= 0.3 is 0 Å². The van der Waals surface area contributed by atoms with Crippen molar-refractivity contribution in [1.29, 1.82) is 0 Å². The van der Waals surface area contributed by atoms with Gasteiger partial charge in [0, 0.05) is 5.41 Å². The largest absolute Gasteiger partial charge is 0.443 e.